The van der Waals surface area contributed by atoms with E-state index in [-0.39, 0.29) is 5.92 Å². The van der Waals surface area contributed by atoms with Crippen LogP contribution in [0.5, 0.6) is 0 Å². The average Bonchev–Trinajstić information content (AvgIpc) is 2.68. The van der Waals surface area contributed by atoms with Crippen molar-refractivity contribution in [1.29, 1.82) is 0 Å². The number of benzene rings is 1. The molecule has 3 rings (SSSR count). The topological polar surface area (TPSA) is 20.3 Å². The highest BCUT2D eigenvalue weighted by molar-refractivity contribution is 5.82. The quantitative estimate of drug-likeness (QED) is 0.711. The van der Waals surface area contributed by atoms with Crippen molar-refractivity contribution in [3.05, 3.63) is 48.0 Å². The molecule has 2 atom stereocenters. The molecule has 2 aliphatic rings. The predicted octanol–water partition coefficient (Wildman–Crippen LogP) is 2.61. The van der Waals surface area contributed by atoms with Crippen LogP contribution in [0.2, 0.25) is 0 Å². The molecule has 0 aromatic heterocycles. The third kappa shape index (κ3) is 1.99. The third-order valence-electron chi connectivity index (χ3n) is 3.82. The van der Waals surface area contributed by atoms with Crippen LogP contribution in [0.3, 0.4) is 0 Å². The van der Waals surface area contributed by atoms with Gasteiger partial charge in [-0.25, -0.2) is 0 Å². The van der Waals surface area contributed by atoms with Crippen LogP contribution >= 0.6 is 0 Å². The molecule has 17 heavy (non-hydrogen) atoms. The van der Waals surface area contributed by atoms with Gasteiger partial charge in [0.25, 0.3) is 0 Å². The van der Waals surface area contributed by atoms with Gasteiger partial charge in [0.05, 0.1) is 0 Å². The van der Waals surface area contributed by atoms with E-state index in [1.807, 2.05) is 23.1 Å². The number of carbonyl (C=O) groups is 1. The molecule has 88 valence electrons. The summed E-state index contributed by atoms with van der Waals surface area (Å²) in [6.07, 6.45) is 6.55. The van der Waals surface area contributed by atoms with E-state index < -0.39 is 0 Å². The Hall–Kier alpha value is -1.57. The van der Waals surface area contributed by atoms with Crippen LogP contribution in [0.1, 0.15) is 18.4 Å². The van der Waals surface area contributed by atoms with Gasteiger partial charge >= 0.3 is 0 Å². The van der Waals surface area contributed by atoms with E-state index in [2.05, 4.69) is 24.3 Å². The largest absolute Gasteiger partial charge is 0.337 e. The molecule has 0 unspecified atom stereocenters. The van der Waals surface area contributed by atoms with Crippen LogP contribution in [-0.4, -0.2) is 17.4 Å². The maximum atomic E-state index is 12.2. The van der Waals surface area contributed by atoms with Gasteiger partial charge in [-0.05, 0) is 18.4 Å². The van der Waals surface area contributed by atoms with E-state index in [9.17, 15) is 4.79 Å². The Balaban J connectivity index is 1.74. The van der Waals surface area contributed by atoms with Crippen molar-refractivity contribution >= 4 is 5.91 Å². The zero-order valence-corrected chi connectivity index (χ0v) is 9.88. The first kappa shape index (κ1) is 10.6. The Kier molecular flexibility index (Phi) is 2.71. The van der Waals surface area contributed by atoms with Gasteiger partial charge in [0.15, 0.2) is 0 Å². The number of likely N-dealkylation sites (tertiary alicyclic amines) is 1. The van der Waals surface area contributed by atoms with Crippen LogP contribution in [0.15, 0.2) is 42.5 Å². The molecule has 0 N–H and O–H groups in total. The van der Waals surface area contributed by atoms with Gasteiger partial charge in [-0.15, -0.1) is 0 Å². The minimum absolute atomic E-state index is 0.253. The highest BCUT2D eigenvalue weighted by Crippen LogP contribution is 2.33. The zero-order chi connectivity index (χ0) is 11.7. The summed E-state index contributed by atoms with van der Waals surface area (Å²) in [5.74, 6) is 1.06. The second-order valence-corrected chi connectivity index (χ2v) is 4.98. The molecule has 1 amide bonds. The van der Waals surface area contributed by atoms with Crippen molar-refractivity contribution in [2.45, 2.75) is 19.4 Å². The Morgan fingerprint density at radius 2 is 2.06 bits per heavy atom. The first-order chi connectivity index (χ1) is 8.34. The van der Waals surface area contributed by atoms with Crippen molar-refractivity contribution in [1.82, 2.24) is 4.90 Å². The standard InChI is InChI=1S/C15H17NO/c17-15-14-9-5-4-8-13(14)11-16(15)10-12-6-2-1-3-7-12/h1-4,6-8,13-14H,5,9-11H2/t13-,14-/m0/s1. The van der Waals surface area contributed by atoms with Gasteiger partial charge in [0, 0.05) is 24.9 Å². The van der Waals surface area contributed by atoms with Gasteiger partial charge < -0.3 is 4.90 Å². The number of fused-ring (bicyclic) bond motifs is 1. The summed E-state index contributed by atoms with van der Waals surface area (Å²) < 4.78 is 0. The normalized spacial score (nSPS) is 27.3. The maximum absolute atomic E-state index is 12.2. The van der Waals surface area contributed by atoms with Crippen molar-refractivity contribution in [2.24, 2.45) is 11.8 Å². The minimum atomic E-state index is 0.253. The molecule has 1 fully saturated rings. The van der Waals surface area contributed by atoms with E-state index >= 15 is 0 Å². The van der Waals surface area contributed by atoms with Crippen LogP contribution in [0.4, 0.5) is 0 Å². The monoisotopic (exact) mass is 227 g/mol. The van der Waals surface area contributed by atoms with Crippen LogP contribution < -0.4 is 0 Å². The Morgan fingerprint density at radius 3 is 2.82 bits per heavy atom. The molecule has 0 saturated carbocycles. The molecule has 1 aliphatic heterocycles. The van der Waals surface area contributed by atoms with Gasteiger partial charge in [-0.3, -0.25) is 4.79 Å². The molecule has 0 radical (unpaired) electrons. The molecule has 0 spiro atoms. The lowest BCUT2D eigenvalue weighted by atomic mass is 9.87. The molecule has 1 aliphatic carbocycles. The molecular formula is C15H17NO. The maximum Gasteiger partial charge on any atom is 0.226 e. The molecular weight excluding hydrogens is 210 g/mol. The number of allylic oxidation sites excluding steroid dienone is 1. The van der Waals surface area contributed by atoms with Gasteiger partial charge in [-0.2, -0.15) is 0 Å². The SMILES string of the molecule is O=C1[C@H]2CCC=C[C@H]2CN1Cc1ccccc1. The third-order valence-corrected chi connectivity index (χ3v) is 3.82. The Bertz CT molecular complexity index is 437. The fourth-order valence-electron chi connectivity index (χ4n) is 2.91. The first-order valence-electron chi connectivity index (χ1n) is 6.34. The smallest absolute Gasteiger partial charge is 0.226 e. The fourth-order valence-corrected chi connectivity index (χ4v) is 2.91. The van der Waals surface area contributed by atoms with Crippen LogP contribution in [-0.2, 0) is 11.3 Å². The Morgan fingerprint density at radius 1 is 1.24 bits per heavy atom. The summed E-state index contributed by atoms with van der Waals surface area (Å²) in [5.41, 5.74) is 1.23. The molecule has 0 bridgehead atoms. The second kappa shape index (κ2) is 4.36. The van der Waals surface area contributed by atoms with Gasteiger partial charge in [0.2, 0.25) is 5.91 Å². The van der Waals surface area contributed by atoms with Crippen molar-refractivity contribution < 1.29 is 4.79 Å². The minimum Gasteiger partial charge on any atom is -0.337 e. The number of nitrogens with zero attached hydrogens (tertiary/aromatic N) is 1. The van der Waals surface area contributed by atoms with Crippen LogP contribution in [0, 0.1) is 11.8 Å². The highest BCUT2D eigenvalue weighted by atomic mass is 16.2. The zero-order valence-electron chi connectivity index (χ0n) is 9.88. The molecule has 1 saturated heterocycles. The first-order valence-corrected chi connectivity index (χ1v) is 6.34. The average molecular weight is 227 g/mol. The highest BCUT2D eigenvalue weighted by Gasteiger charge is 2.39. The van der Waals surface area contributed by atoms with Crippen molar-refractivity contribution in [3.63, 3.8) is 0 Å². The van der Waals surface area contributed by atoms with Gasteiger partial charge in [0.1, 0.15) is 0 Å². The number of carbonyl (C=O) groups excluding carboxylic acids is 1. The molecule has 1 aromatic rings. The summed E-state index contributed by atoms with van der Waals surface area (Å²) in [6, 6.07) is 10.2. The molecule has 1 heterocycles. The summed E-state index contributed by atoms with van der Waals surface area (Å²) in [7, 11) is 0. The number of hydrogen-bond donors (Lipinski definition) is 0. The number of hydrogen-bond acceptors (Lipinski definition) is 1. The fraction of sp³-hybridized carbons (Fsp3) is 0.400. The lowest BCUT2D eigenvalue weighted by Gasteiger charge is -2.16. The summed E-state index contributed by atoms with van der Waals surface area (Å²) in [4.78, 5) is 14.3. The molecule has 2 nitrogen and oxygen atoms in total. The van der Waals surface area contributed by atoms with E-state index in [0.717, 1.165) is 25.9 Å². The molecule has 1 aromatic carbocycles. The van der Waals surface area contributed by atoms with Gasteiger partial charge in [-0.1, -0.05) is 42.5 Å². The van der Waals surface area contributed by atoms with E-state index in [4.69, 9.17) is 0 Å². The van der Waals surface area contributed by atoms with E-state index in [0.29, 0.717) is 11.8 Å². The number of rotatable bonds is 2. The van der Waals surface area contributed by atoms with Crippen molar-refractivity contribution in [2.75, 3.05) is 6.54 Å². The lowest BCUT2D eigenvalue weighted by Crippen LogP contribution is -2.26. The summed E-state index contributed by atoms with van der Waals surface area (Å²) >= 11 is 0. The van der Waals surface area contributed by atoms with Crippen molar-refractivity contribution in [3.8, 4) is 0 Å². The van der Waals surface area contributed by atoms with Crippen LogP contribution in [0.25, 0.3) is 0 Å². The lowest BCUT2D eigenvalue weighted by molar-refractivity contribution is -0.131. The van der Waals surface area contributed by atoms with E-state index in [1.165, 1.54) is 5.56 Å². The number of amides is 1. The second-order valence-electron chi connectivity index (χ2n) is 4.98. The predicted molar refractivity (Wildman–Crippen MR) is 67.2 cm³/mol. The van der Waals surface area contributed by atoms with E-state index in [1.54, 1.807) is 0 Å². The summed E-state index contributed by atoms with van der Waals surface area (Å²) in [6.45, 7) is 1.66. The molecule has 2 heteroatoms. The summed E-state index contributed by atoms with van der Waals surface area (Å²) in [5, 5.41) is 0. The Labute approximate surface area is 102 Å².